The first-order valence-electron chi connectivity index (χ1n) is 7.93. The summed E-state index contributed by atoms with van der Waals surface area (Å²) in [5.41, 5.74) is 0. The van der Waals surface area contributed by atoms with Crippen LogP contribution in [0, 0.1) is 23.3 Å². The Morgan fingerprint density at radius 3 is 1.04 bits per heavy atom. The number of sulfonamides is 2. The van der Waals surface area contributed by atoms with E-state index in [-0.39, 0.29) is 26.2 Å². The molecule has 2 aromatic rings. The highest BCUT2D eigenvalue weighted by molar-refractivity contribution is 7.89. The fraction of sp³-hybridized carbons (Fsp3) is 0.250. The van der Waals surface area contributed by atoms with Gasteiger partial charge in [-0.1, -0.05) is 0 Å². The van der Waals surface area contributed by atoms with Crippen molar-refractivity contribution in [3.8, 4) is 0 Å². The zero-order chi connectivity index (χ0) is 20.7. The Morgan fingerprint density at radius 2 is 0.786 bits per heavy atom. The molecule has 1 fully saturated rings. The zero-order valence-corrected chi connectivity index (χ0v) is 15.8. The van der Waals surface area contributed by atoms with Crippen molar-refractivity contribution in [2.45, 2.75) is 9.79 Å². The monoisotopic (exact) mass is 438 g/mol. The van der Waals surface area contributed by atoms with Gasteiger partial charge in [-0.25, -0.2) is 34.4 Å². The molecule has 0 aromatic heterocycles. The molecule has 0 spiro atoms. The molecule has 3 rings (SSSR count). The molecule has 0 amide bonds. The van der Waals surface area contributed by atoms with Gasteiger partial charge in [0.05, 0.1) is 9.79 Å². The minimum Gasteiger partial charge on any atom is -0.207 e. The third kappa shape index (κ3) is 4.04. The summed E-state index contributed by atoms with van der Waals surface area (Å²) in [5, 5.41) is 0. The Bertz CT molecular complexity index is 985. The van der Waals surface area contributed by atoms with Crippen molar-refractivity contribution in [1.82, 2.24) is 8.61 Å². The molecule has 0 aliphatic carbocycles. The molecular weight excluding hydrogens is 424 g/mol. The van der Waals surface area contributed by atoms with Crippen LogP contribution < -0.4 is 0 Å². The van der Waals surface area contributed by atoms with Crippen LogP contribution >= 0.6 is 0 Å². The lowest BCUT2D eigenvalue weighted by Gasteiger charge is -2.33. The van der Waals surface area contributed by atoms with Gasteiger partial charge in [0.2, 0.25) is 20.0 Å². The highest BCUT2D eigenvalue weighted by atomic mass is 32.2. The van der Waals surface area contributed by atoms with Gasteiger partial charge in [-0.3, -0.25) is 0 Å². The van der Waals surface area contributed by atoms with Crippen molar-refractivity contribution < 1.29 is 34.4 Å². The molecule has 6 nitrogen and oxygen atoms in total. The van der Waals surface area contributed by atoms with Crippen LogP contribution in [-0.4, -0.2) is 51.6 Å². The maximum Gasteiger partial charge on any atom is 0.243 e. The van der Waals surface area contributed by atoms with E-state index in [1.54, 1.807) is 0 Å². The van der Waals surface area contributed by atoms with E-state index in [9.17, 15) is 34.4 Å². The molecule has 0 radical (unpaired) electrons. The number of nitrogens with zero attached hydrogens (tertiary/aromatic N) is 2. The molecule has 0 atom stereocenters. The van der Waals surface area contributed by atoms with E-state index in [2.05, 4.69) is 0 Å². The van der Waals surface area contributed by atoms with E-state index >= 15 is 0 Å². The van der Waals surface area contributed by atoms with Crippen LogP contribution in [0.2, 0.25) is 0 Å². The zero-order valence-electron chi connectivity index (χ0n) is 14.1. The fourth-order valence-corrected chi connectivity index (χ4v) is 5.73. The van der Waals surface area contributed by atoms with Crippen LogP contribution in [0.1, 0.15) is 0 Å². The summed E-state index contributed by atoms with van der Waals surface area (Å²) in [5.74, 6) is -4.25. The first kappa shape index (κ1) is 20.7. The summed E-state index contributed by atoms with van der Waals surface area (Å²) in [6, 6.07) is 3.71. The third-order valence-corrected chi connectivity index (χ3v) is 7.90. The Balaban J connectivity index is 1.80. The van der Waals surface area contributed by atoms with Crippen LogP contribution in [0.4, 0.5) is 17.6 Å². The molecule has 0 saturated carbocycles. The maximum atomic E-state index is 13.3. The lowest BCUT2D eigenvalue weighted by Crippen LogP contribution is -2.50. The van der Waals surface area contributed by atoms with E-state index in [1.165, 1.54) is 0 Å². The van der Waals surface area contributed by atoms with Gasteiger partial charge in [-0.15, -0.1) is 0 Å². The third-order valence-electron chi connectivity index (χ3n) is 4.15. The molecule has 2 aromatic carbocycles. The number of hydrogen-bond acceptors (Lipinski definition) is 4. The van der Waals surface area contributed by atoms with Crippen molar-refractivity contribution in [3.05, 3.63) is 59.7 Å². The van der Waals surface area contributed by atoms with Gasteiger partial charge in [-0.05, 0) is 24.3 Å². The van der Waals surface area contributed by atoms with Crippen LogP contribution in [0.15, 0.2) is 46.2 Å². The van der Waals surface area contributed by atoms with E-state index in [0.717, 1.165) is 8.61 Å². The van der Waals surface area contributed by atoms with Gasteiger partial charge in [0.25, 0.3) is 0 Å². The molecule has 28 heavy (non-hydrogen) atoms. The average Bonchev–Trinajstić information content (AvgIpc) is 2.60. The largest absolute Gasteiger partial charge is 0.243 e. The smallest absolute Gasteiger partial charge is 0.207 e. The first-order chi connectivity index (χ1) is 13.0. The Labute approximate surface area is 159 Å². The molecule has 1 saturated heterocycles. The number of piperazine rings is 1. The molecular formula is C16H14F4N2O4S2. The molecule has 1 heterocycles. The number of halogens is 4. The molecule has 1 aliphatic rings. The Hall–Kier alpha value is -2.02. The van der Waals surface area contributed by atoms with Crippen LogP contribution in [-0.2, 0) is 20.0 Å². The highest BCUT2D eigenvalue weighted by Gasteiger charge is 2.34. The normalized spacial score (nSPS) is 17.0. The fourth-order valence-electron chi connectivity index (χ4n) is 2.80. The molecule has 0 bridgehead atoms. The second kappa shape index (κ2) is 7.43. The summed E-state index contributed by atoms with van der Waals surface area (Å²) in [4.78, 5) is -1.18. The topological polar surface area (TPSA) is 74.8 Å². The van der Waals surface area contributed by atoms with Crippen molar-refractivity contribution >= 4 is 20.0 Å². The van der Waals surface area contributed by atoms with E-state index in [1.807, 2.05) is 0 Å². The number of benzene rings is 2. The van der Waals surface area contributed by atoms with Gasteiger partial charge in [-0.2, -0.15) is 8.61 Å². The molecule has 0 unspecified atom stereocenters. The van der Waals surface area contributed by atoms with Crippen molar-refractivity contribution in [2.75, 3.05) is 26.2 Å². The summed E-state index contributed by atoms with van der Waals surface area (Å²) < 4.78 is 105. The Kier molecular flexibility index (Phi) is 5.49. The lowest BCUT2D eigenvalue weighted by atomic mass is 10.3. The first-order valence-corrected chi connectivity index (χ1v) is 10.8. The van der Waals surface area contributed by atoms with Crippen molar-refractivity contribution in [3.63, 3.8) is 0 Å². The van der Waals surface area contributed by atoms with Gasteiger partial charge < -0.3 is 0 Å². The van der Waals surface area contributed by atoms with E-state index in [4.69, 9.17) is 0 Å². The SMILES string of the molecule is O=S(=O)(c1cc(F)cc(F)c1)N1CCN(S(=O)(=O)c2cc(F)cc(F)c2)CC1. The summed E-state index contributed by atoms with van der Waals surface area (Å²) in [7, 11) is -8.48. The molecule has 12 heteroatoms. The van der Waals surface area contributed by atoms with Crippen molar-refractivity contribution in [1.29, 1.82) is 0 Å². The second-order valence-corrected chi connectivity index (χ2v) is 9.89. The predicted molar refractivity (Wildman–Crippen MR) is 90.2 cm³/mol. The Morgan fingerprint density at radius 1 is 0.536 bits per heavy atom. The summed E-state index contributed by atoms with van der Waals surface area (Å²) in [6.07, 6.45) is 0. The van der Waals surface area contributed by atoms with Crippen LogP contribution in [0.25, 0.3) is 0 Å². The van der Waals surface area contributed by atoms with Gasteiger partial charge >= 0.3 is 0 Å². The quantitative estimate of drug-likeness (QED) is 0.684. The predicted octanol–water partition coefficient (Wildman–Crippen LogP) is 1.94. The minimum absolute atomic E-state index is 0.294. The second-order valence-electron chi connectivity index (χ2n) is 6.02. The number of hydrogen-bond donors (Lipinski definition) is 0. The maximum absolute atomic E-state index is 13.3. The van der Waals surface area contributed by atoms with Gasteiger partial charge in [0.1, 0.15) is 23.3 Å². The van der Waals surface area contributed by atoms with E-state index < -0.39 is 53.1 Å². The molecule has 0 N–H and O–H groups in total. The summed E-state index contributed by atoms with van der Waals surface area (Å²) in [6.45, 7) is -1.18. The lowest BCUT2D eigenvalue weighted by molar-refractivity contribution is 0.272. The molecule has 1 aliphatic heterocycles. The van der Waals surface area contributed by atoms with Gasteiger partial charge in [0.15, 0.2) is 0 Å². The average molecular weight is 438 g/mol. The van der Waals surface area contributed by atoms with Crippen molar-refractivity contribution in [2.24, 2.45) is 0 Å². The van der Waals surface area contributed by atoms with Gasteiger partial charge in [0, 0.05) is 38.3 Å². The minimum atomic E-state index is -4.24. The highest BCUT2D eigenvalue weighted by Crippen LogP contribution is 2.23. The summed E-state index contributed by atoms with van der Waals surface area (Å²) >= 11 is 0. The standard InChI is InChI=1S/C16H14F4N2O4S2/c17-11-5-12(18)8-15(7-11)27(23,24)21-1-2-22(4-3-21)28(25,26)16-9-13(19)6-14(20)10-16/h5-10H,1-4H2. The van der Waals surface area contributed by atoms with Crippen LogP contribution in [0.5, 0.6) is 0 Å². The van der Waals surface area contributed by atoms with Crippen LogP contribution in [0.3, 0.4) is 0 Å². The van der Waals surface area contributed by atoms with E-state index in [0.29, 0.717) is 36.4 Å². The number of rotatable bonds is 4. The molecule has 152 valence electrons.